The van der Waals surface area contributed by atoms with Crippen molar-refractivity contribution in [2.24, 2.45) is 0 Å². The number of nitrogens with one attached hydrogen (secondary N) is 2. The van der Waals surface area contributed by atoms with Crippen molar-refractivity contribution in [3.05, 3.63) is 39.1 Å². The molecule has 1 aromatic carbocycles. The summed E-state index contributed by atoms with van der Waals surface area (Å²) < 4.78 is 15.7. The van der Waals surface area contributed by atoms with E-state index >= 15 is 0 Å². The lowest BCUT2D eigenvalue weighted by atomic mass is 9.92. The summed E-state index contributed by atoms with van der Waals surface area (Å²) in [4.78, 5) is 36.2. The van der Waals surface area contributed by atoms with Gasteiger partial charge in [0.15, 0.2) is 11.5 Å². The zero-order chi connectivity index (χ0) is 21.7. The molecule has 29 heavy (non-hydrogen) atoms. The minimum atomic E-state index is -1.09. The number of ether oxygens (including phenoxy) is 3. The normalized spacial score (nSPS) is 16.2. The van der Waals surface area contributed by atoms with Crippen LogP contribution >= 0.6 is 0 Å². The van der Waals surface area contributed by atoms with Gasteiger partial charge in [-0.2, -0.15) is 0 Å². The minimum Gasteiger partial charge on any atom is -0.493 e. The van der Waals surface area contributed by atoms with Crippen molar-refractivity contribution in [2.45, 2.75) is 45.8 Å². The molecule has 0 fully saturated rings. The maximum absolute atomic E-state index is 12.8. The number of hydrogen-bond acceptors (Lipinski definition) is 7. The van der Waals surface area contributed by atoms with Crippen molar-refractivity contribution in [3.63, 3.8) is 0 Å². The molecule has 1 atom stereocenters. The summed E-state index contributed by atoms with van der Waals surface area (Å²) in [5, 5.41) is 16.9. The fourth-order valence-electron chi connectivity index (χ4n) is 3.09. The van der Waals surface area contributed by atoms with Gasteiger partial charge in [0.25, 0.3) is 5.69 Å². The van der Waals surface area contributed by atoms with Gasteiger partial charge in [-0.1, -0.05) is 13.3 Å². The fraction of sp³-hybridized carbons (Fsp3) is 0.474. The van der Waals surface area contributed by atoms with Crippen molar-refractivity contribution < 1.29 is 28.7 Å². The van der Waals surface area contributed by atoms with Crippen LogP contribution in [0.25, 0.3) is 0 Å². The van der Waals surface area contributed by atoms with Gasteiger partial charge in [-0.25, -0.2) is 9.59 Å². The molecule has 158 valence electrons. The van der Waals surface area contributed by atoms with Gasteiger partial charge in [-0.3, -0.25) is 10.1 Å². The van der Waals surface area contributed by atoms with Crippen molar-refractivity contribution >= 4 is 17.7 Å². The number of methoxy groups -OCH3 is 2. The molecule has 0 radical (unpaired) electrons. The number of carbonyl (C=O) groups is 2. The van der Waals surface area contributed by atoms with Crippen LogP contribution in [0.2, 0.25) is 0 Å². The second kappa shape index (κ2) is 9.26. The van der Waals surface area contributed by atoms with Crippen molar-refractivity contribution in [1.29, 1.82) is 0 Å². The van der Waals surface area contributed by atoms with E-state index in [0.29, 0.717) is 18.5 Å². The van der Waals surface area contributed by atoms with Gasteiger partial charge in [0.1, 0.15) is 0 Å². The van der Waals surface area contributed by atoms with Gasteiger partial charge in [-0.15, -0.1) is 0 Å². The van der Waals surface area contributed by atoms with E-state index in [4.69, 9.17) is 14.2 Å². The molecule has 2 rings (SSSR count). The summed E-state index contributed by atoms with van der Waals surface area (Å²) in [7, 11) is 2.75. The van der Waals surface area contributed by atoms with Gasteiger partial charge >= 0.3 is 12.0 Å². The number of hydrogen-bond donors (Lipinski definition) is 2. The summed E-state index contributed by atoms with van der Waals surface area (Å²) in [6.45, 7) is 5.28. The number of carbonyl (C=O) groups excluding carboxylic acids is 2. The van der Waals surface area contributed by atoms with E-state index in [0.717, 1.165) is 0 Å². The Labute approximate surface area is 168 Å². The highest BCUT2D eigenvalue weighted by Crippen LogP contribution is 2.41. The second-order valence-electron chi connectivity index (χ2n) is 6.65. The van der Waals surface area contributed by atoms with Crippen molar-refractivity contribution in [1.82, 2.24) is 10.6 Å². The molecular formula is C19H25N3O7. The highest BCUT2D eigenvalue weighted by molar-refractivity contribution is 5.95. The maximum Gasteiger partial charge on any atom is 0.338 e. The highest BCUT2D eigenvalue weighted by atomic mass is 16.6. The number of allylic oxidation sites excluding steroid dienone is 1. The Morgan fingerprint density at radius 2 is 1.86 bits per heavy atom. The van der Waals surface area contributed by atoms with Gasteiger partial charge in [0.2, 0.25) is 0 Å². The molecule has 1 aromatic rings. The van der Waals surface area contributed by atoms with Gasteiger partial charge in [-0.05, 0) is 26.3 Å². The molecular weight excluding hydrogens is 382 g/mol. The third kappa shape index (κ3) is 4.76. The molecule has 10 nitrogen and oxygen atoms in total. The number of urea groups is 1. The van der Waals surface area contributed by atoms with Crippen molar-refractivity contribution in [3.8, 4) is 11.5 Å². The molecule has 1 heterocycles. The Morgan fingerprint density at radius 1 is 1.24 bits per heavy atom. The molecule has 0 spiro atoms. The molecule has 1 aliphatic heterocycles. The molecule has 2 amide bonds. The number of nitro groups is 1. The number of amides is 2. The number of nitro benzene ring substituents is 1. The largest absolute Gasteiger partial charge is 0.493 e. The third-order valence-electron chi connectivity index (χ3n) is 4.26. The molecule has 0 saturated heterocycles. The third-order valence-corrected chi connectivity index (χ3v) is 4.26. The Kier molecular flexibility index (Phi) is 7.03. The lowest BCUT2D eigenvalue weighted by Crippen LogP contribution is -2.46. The molecule has 1 aliphatic rings. The molecule has 1 unspecified atom stereocenters. The standard InChI is InChI=1S/C19H25N3O7/c1-6-7-12-16(18(23)29-10(2)3)17(21-19(24)20-12)11-8-14(27-4)15(28-5)9-13(11)22(25)26/h8-10,17H,6-7H2,1-5H3,(H2,20,21,24). The molecule has 2 N–H and O–H groups in total. The van der Waals surface area contributed by atoms with Gasteiger partial charge in [0.05, 0.1) is 48.5 Å². The van der Waals surface area contributed by atoms with E-state index in [-0.39, 0.29) is 28.3 Å². The van der Waals surface area contributed by atoms with Crippen LogP contribution in [0.15, 0.2) is 23.4 Å². The van der Waals surface area contributed by atoms with E-state index in [9.17, 15) is 19.7 Å². The van der Waals surface area contributed by atoms with E-state index in [2.05, 4.69) is 10.6 Å². The summed E-state index contributed by atoms with van der Waals surface area (Å²) in [6.07, 6.45) is 0.638. The first-order chi connectivity index (χ1) is 13.7. The summed E-state index contributed by atoms with van der Waals surface area (Å²) in [5.74, 6) is -0.271. The zero-order valence-corrected chi connectivity index (χ0v) is 17.0. The number of rotatable bonds is 8. The highest BCUT2D eigenvalue weighted by Gasteiger charge is 2.38. The Morgan fingerprint density at radius 3 is 2.38 bits per heavy atom. The Hall–Kier alpha value is -3.30. The van der Waals surface area contributed by atoms with Crippen LogP contribution < -0.4 is 20.1 Å². The lowest BCUT2D eigenvalue weighted by molar-refractivity contribution is -0.385. The number of nitrogens with zero attached hydrogens (tertiary/aromatic N) is 1. The summed E-state index contributed by atoms with van der Waals surface area (Å²) >= 11 is 0. The monoisotopic (exact) mass is 407 g/mol. The molecule has 0 bridgehead atoms. The fourth-order valence-corrected chi connectivity index (χ4v) is 3.09. The first-order valence-electron chi connectivity index (χ1n) is 9.15. The van der Waals surface area contributed by atoms with Crippen LogP contribution in [0.4, 0.5) is 10.5 Å². The van der Waals surface area contributed by atoms with E-state index < -0.39 is 29.1 Å². The maximum atomic E-state index is 12.8. The molecule has 0 saturated carbocycles. The Bertz CT molecular complexity index is 848. The summed E-state index contributed by atoms with van der Waals surface area (Å²) in [5.41, 5.74) is 0.263. The van der Waals surface area contributed by atoms with Crippen LogP contribution in [0.3, 0.4) is 0 Å². The van der Waals surface area contributed by atoms with Crippen LogP contribution in [0, 0.1) is 10.1 Å². The quantitative estimate of drug-likeness (QED) is 0.385. The van der Waals surface area contributed by atoms with E-state index in [1.807, 2.05) is 6.92 Å². The number of benzene rings is 1. The lowest BCUT2D eigenvalue weighted by Gasteiger charge is -2.30. The number of esters is 1. The van der Waals surface area contributed by atoms with Crippen LogP contribution in [0.1, 0.15) is 45.2 Å². The zero-order valence-electron chi connectivity index (χ0n) is 17.0. The topological polar surface area (TPSA) is 129 Å². The smallest absolute Gasteiger partial charge is 0.338 e. The summed E-state index contributed by atoms with van der Waals surface area (Å²) in [6, 6.07) is 0.938. The first kappa shape index (κ1) is 22.0. The average molecular weight is 407 g/mol. The molecule has 10 heteroatoms. The minimum absolute atomic E-state index is 0.0896. The molecule has 0 aliphatic carbocycles. The average Bonchev–Trinajstić information content (AvgIpc) is 2.65. The van der Waals surface area contributed by atoms with Crippen LogP contribution in [0.5, 0.6) is 11.5 Å². The first-order valence-corrected chi connectivity index (χ1v) is 9.15. The predicted octanol–water partition coefficient (Wildman–Crippen LogP) is 2.97. The van der Waals surface area contributed by atoms with Crippen LogP contribution in [-0.4, -0.2) is 37.2 Å². The van der Waals surface area contributed by atoms with E-state index in [1.54, 1.807) is 13.8 Å². The predicted molar refractivity (Wildman–Crippen MR) is 104 cm³/mol. The van der Waals surface area contributed by atoms with Gasteiger partial charge in [0, 0.05) is 5.70 Å². The van der Waals surface area contributed by atoms with Gasteiger partial charge < -0.3 is 24.8 Å². The second-order valence-corrected chi connectivity index (χ2v) is 6.65. The Balaban J connectivity index is 2.73. The molecule has 0 aromatic heterocycles. The van der Waals surface area contributed by atoms with E-state index in [1.165, 1.54) is 26.4 Å². The van der Waals surface area contributed by atoms with Crippen LogP contribution in [-0.2, 0) is 9.53 Å². The SMILES string of the molecule is CCCC1=C(C(=O)OC(C)C)C(c2cc(OC)c(OC)cc2[N+](=O)[O-])NC(=O)N1. The van der Waals surface area contributed by atoms with Crippen molar-refractivity contribution in [2.75, 3.05) is 14.2 Å².